The second-order valence-electron chi connectivity index (χ2n) is 4.25. The quantitative estimate of drug-likeness (QED) is 0.589. The van der Waals surface area contributed by atoms with Gasteiger partial charge in [0, 0.05) is 0 Å². The Morgan fingerprint density at radius 1 is 1.10 bits per heavy atom. The minimum absolute atomic E-state index is 0.368. The molecule has 0 aliphatic carbocycles. The summed E-state index contributed by atoms with van der Waals surface area (Å²) in [6, 6.07) is -0.892. The van der Waals surface area contributed by atoms with Gasteiger partial charge in [0.1, 0.15) is 6.04 Å². The van der Waals surface area contributed by atoms with Crippen LogP contribution in [0.25, 0.3) is 0 Å². The highest BCUT2D eigenvalue weighted by Crippen LogP contribution is 2.42. The Balaban J connectivity index is 3.44. The van der Waals surface area contributed by atoms with E-state index in [-0.39, 0.29) is 0 Å². The van der Waals surface area contributed by atoms with E-state index < -0.39 is 53.2 Å². The summed E-state index contributed by atoms with van der Waals surface area (Å²) < 4.78 is 76.2. The number of hydrogen-bond donors (Lipinski definition) is 3. The molecule has 0 unspecified atom stereocenters. The van der Waals surface area contributed by atoms with Gasteiger partial charge in [-0.2, -0.15) is 26.3 Å². The Bertz CT molecular complexity index is 518. The van der Waals surface area contributed by atoms with Gasteiger partial charge in [0.15, 0.2) is 0 Å². The summed E-state index contributed by atoms with van der Waals surface area (Å²) in [5.74, 6) is -1.55. The molecule has 0 spiro atoms. The van der Waals surface area contributed by atoms with Crippen LogP contribution >= 0.6 is 0 Å². The van der Waals surface area contributed by atoms with E-state index in [1.54, 1.807) is 0 Å². The van der Waals surface area contributed by atoms with Crippen molar-refractivity contribution in [1.29, 1.82) is 0 Å². The molecular formula is C11H10F6N2O2. The molecule has 1 rings (SSSR count). The van der Waals surface area contributed by atoms with Gasteiger partial charge in [-0.15, -0.1) is 0 Å². The maximum Gasteiger partial charge on any atom is 0.418 e. The van der Waals surface area contributed by atoms with Crippen LogP contribution in [0.2, 0.25) is 0 Å². The van der Waals surface area contributed by atoms with E-state index in [0.717, 1.165) is 0 Å². The van der Waals surface area contributed by atoms with Gasteiger partial charge in [0.05, 0.1) is 16.8 Å². The van der Waals surface area contributed by atoms with Crippen LogP contribution in [0.15, 0.2) is 12.1 Å². The molecule has 0 aromatic heterocycles. The lowest BCUT2D eigenvalue weighted by Crippen LogP contribution is -2.32. The van der Waals surface area contributed by atoms with Crippen molar-refractivity contribution in [1.82, 2.24) is 0 Å². The number of carbonyl (C=O) groups is 1. The lowest BCUT2D eigenvalue weighted by molar-refractivity contribution is -0.141. The molecule has 0 saturated heterocycles. The van der Waals surface area contributed by atoms with Crippen molar-refractivity contribution in [3.63, 3.8) is 0 Å². The number of anilines is 1. The largest absolute Gasteiger partial charge is 0.480 e. The monoisotopic (exact) mass is 316 g/mol. The first-order valence-electron chi connectivity index (χ1n) is 5.39. The lowest BCUT2D eigenvalue weighted by atomic mass is 9.98. The Morgan fingerprint density at radius 3 is 1.76 bits per heavy atom. The number of carboxylic acid groups (broad SMARTS) is 1. The molecule has 21 heavy (non-hydrogen) atoms. The highest BCUT2D eigenvalue weighted by molar-refractivity contribution is 5.73. The molecule has 0 aliphatic heterocycles. The number of benzene rings is 1. The number of hydrogen-bond acceptors (Lipinski definition) is 3. The Morgan fingerprint density at radius 2 is 1.48 bits per heavy atom. The van der Waals surface area contributed by atoms with Crippen LogP contribution in [0.3, 0.4) is 0 Å². The van der Waals surface area contributed by atoms with Gasteiger partial charge in [-0.1, -0.05) is 0 Å². The van der Waals surface area contributed by atoms with Crippen molar-refractivity contribution >= 4 is 11.7 Å². The topological polar surface area (TPSA) is 89.3 Å². The summed E-state index contributed by atoms with van der Waals surface area (Å²) >= 11 is 0. The van der Waals surface area contributed by atoms with Gasteiger partial charge >= 0.3 is 18.3 Å². The van der Waals surface area contributed by atoms with E-state index in [4.69, 9.17) is 16.6 Å². The molecule has 0 fully saturated rings. The molecule has 0 heterocycles. The second-order valence-corrected chi connectivity index (χ2v) is 4.25. The van der Waals surface area contributed by atoms with E-state index >= 15 is 0 Å². The summed E-state index contributed by atoms with van der Waals surface area (Å²) in [5, 5.41) is 8.56. The van der Waals surface area contributed by atoms with Crippen LogP contribution in [0, 0.1) is 0 Å². The maximum atomic E-state index is 12.7. The first kappa shape index (κ1) is 17.1. The summed E-state index contributed by atoms with van der Waals surface area (Å²) in [4.78, 5) is 10.5. The number of halogens is 6. The minimum Gasteiger partial charge on any atom is -0.480 e. The molecule has 0 amide bonds. The molecule has 0 saturated carbocycles. The molecule has 118 valence electrons. The second kappa shape index (κ2) is 5.43. The average Bonchev–Trinajstić information content (AvgIpc) is 2.27. The fourth-order valence-electron chi connectivity index (χ4n) is 1.64. The number of aliphatic carboxylic acids is 1. The Hall–Kier alpha value is -1.97. The smallest absolute Gasteiger partial charge is 0.418 e. The van der Waals surface area contributed by atoms with E-state index in [9.17, 15) is 31.1 Å². The Kier molecular flexibility index (Phi) is 4.42. The fourth-order valence-corrected chi connectivity index (χ4v) is 1.64. The molecule has 1 aromatic carbocycles. The lowest BCUT2D eigenvalue weighted by Gasteiger charge is -2.18. The van der Waals surface area contributed by atoms with E-state index in [1.807, 2.05) is 0 Å². The third-order valence-corrected chi connectivity index (χ3v) is 2.62. The van der Waals surface area contributed by atoms with Crippen LogP contribution in [-0.4, -0.2) is 17.1 Å². The molecular weight excluding hydrogens is 306 g/mol. The highest BCUT2D eigenvalue weighted by Gasteiger charge is 2.40. The molecule has 10 heteroatoms. The summed E-state index contributed by atoms with van der Waals surface area (Å²) in [6.45, 7) is 0. The summed E-state index contributed by atoms with van der Waals surface area (Å²) in [7, 11) is 0. The van der Waals surface area contributed by atoms with E-state index in [2.05, 4.69) is 0 Å². The zero-order valence-corrected chi connectivity index (χ0v) is 10.2. The van der Waals surface area contributed by atoms with Gasteiger partial charge in [-0.25, -0.2) is 0 Å². The molecule has 5 N–H and O–H groups in total. The molecule has 1 atom stereocenters. The maximum absolute atomic E-state index is 12.7. The predicted molar refractivity (Wildman–Crippen MR) is 60.2 cm³/mol. The summed E-state index contributed by atoms with van der Waals surface area (Å²) in [5.41, 5.74) is 4.72. The number of rotatable bonds is 3. The zero-order valence-electron chi connectivity index (χ0n) is 10.2. The minimum atomic E-state index is -5.10. The van der Waals surface area contributed by atoms with Crippen LogP contribution in [-0.2, 0) is 23.6 Å². The SMILES string of the molecule is Nc1c(C(F)(F)F)cc(C[C@@H](N)C(=O)O)cc1C(F)(F)F. The molecule has 0 bridgehead atoms. The van der Waals surface area contributed by atoms with Gasteiger partial charge in [-0.3, -0.25) is 4.79 Å². The van der Waals surface area contributed by atoms with Gasteiger partial charge in [0.25, 0.3) is 0 Å². The molecule has 0 radical (unpaired) electrons. The van der Waals surface area contributed by atoms with Crippen molar-refractivity contribution in [2.45, 2.75) is 24.8 Å². The highest BCUT2D eigenvalue weighted by atomic mass is 19.4. The fraction of sp³-hybridized carbons (Fsp3) is 0.364. The number of alkyl halides is 6. The van der Waals surface area contributed by atoms with Crippen molar-refractivity contribution in [2.24, 2.45) is 5.73 Å². The van der Waals surface area contributed by atoms with Gasteiger partial charge < -0.3 is 16.6 Å². The van der Waals surface area contributed by atoms with Crippen molar-refractivity contribution in [3.05, 3.63) is 28.8 Å². The zero-order chi connectivity index (χ0) is 16.6. The molecule has 1 aromatic rings. The average molecular weight is 316 g/mol. The predicted octanol–water partition coefficient (Wildman–Crippen LogP) is 2.26. The molecule has 4 nitrogen and oxygen atoms in total. The van der Waals surface area contributed by atoms with Crippen LogP contribution in [0.5, 0.6) is 0 Å². The van der Waals surface area contributed by atoms with Crippen LogP contribution < -0.4 is 11.5 Å². The first-order valence-corrected chi connectivity index (χ1v) is 5.39. The van der Waals surface area contributed by atoms with Gasteiger partial charge in [-0.05, 0) is 24.1 Å². The van der Waals surface area contributed by atoms with Crippen molar-refractivity contribution in [3.8, 4) is 0 Å². The van der Waals surface area contributed by atoms with Crippen molar-refractivity contribution in [2.75, 3.05) is 5.73 Å². The van der Waals surface area contributed by atoms with Gasteiger partial charge in [0.2, 0.25) is 0 Å². The van der Waals surface area contributed by atoms with E-state index in [1.165, 1.54) is 0 Å². The van der Waals surface area contributed by atoms with Crippen molar-refractivity contribution < 1.29 is 36.2 Å². The van der Waals surface area contributed by atoms with Crippen LogP contribution in [0.4, 0.5) is 32.0 Å². The first-order chi connectivity index (χ1) is 9.34. The third-order valence-electron chi connectivity index (χ3n) is 2.62. The third kappa shape index (κ3) is 4.00. The number of carboxylic acids is 1. The van der Waals surface area contributed by atoms with Crippen LogP contribution in [0.1, 0.15) is 16.7 Å². The Labute approximate surface area is 114 Å². The normalized spacial score (nSPS) is 14.0. The van der Waals surface area contributed by atoms with E-state index in [0.29, 0.717) is 12.1 Å². The standard InChI is InChI=1S/C11H10F6N2O2/c12-10(13,14)5-1-4(3-7(18)9(20)21)2-6(8(5)19)11(15,16)17/h1-2,7H,3,18-19H2,(H,20,21)/t7-/m1/s1. The summed E-state index contributed by atoms with van der Waals surface area (Å²) in [6.07, 6.45) is -10.9. The number of nitrogen functional groups attached to an aromatic ring is 1. The molecule has 0 aliphatic rings. The number of nitrogens with two attached hydrogens (primary N) is 2.